The molecule has 0 atom stereocenters. The number of hydrogen-bond acceptors (Lipinski definition) is 2. The van der Waals surface area contributed by atoms with E-state index in [9.17, 15) is 9.18 Å². The number of hydrogen-bond donors (Lipinski definition) is 2. The number of carbonyl (C=O) groups is 1. The summed E-state index contributed by atoms with van der Waals surface area (Å²) in [5.74, 6) is 0.518. The topological polar surface area (TPSA) is 56.7 Å². The van der Waals surface area contributed by atoms with Crippen molar-refractivity contribution >= 4 is 35.8 Å². The summed E-state index contributed by atoms with van der Waals surface area (Å²) >= 11 is 0. The summed E-state index contributed by atoms with van der Waals surface area (Å²) in [6.07, 6.45) is 2.56. The molecule has 114 valence electrons. The molecule has 0 aliphatic rings. The molecule has 7 heteroatoms. The molecule has 0 aromatic heterocycles. The molecule has 0 bridgehead atoms. The maximum Gasteiger partial charge on any atom is 0.243 e. The van der Waals surface area contributed by atoms with E-state index in [2.05, 4.69) is 22.5 Å². The summed E-state index contributed by atoms with van der Waals surface area (Å²) in [6, 6.07) is 0. The fourth-order valence-corrected chi connectivity index (χ4v) is 1.12. The maximum atomic E-state index is 12.0. The Labute approximate surface area is 132 Å². The summed E-state index contributed by atoms with van der Waals surface area (Å²) in [7, 11) is 3.39. The van der Waals surface area contributed by atoms with Crippen LogP contribution in [0.1, 0.15) is 26.2 Å². The average molecular weight is 388 g/mol. The van der Waals surface area contributed by atoms with Gasteiger partial charge in [-0.15, -0.1) is 24.0 Å². The highest BCUT2D eigenvalue weighted by Gasteiger charge is 2.03. The molecular weight excluding hydrogens is 362 g/mol. The zero-order valence-electron chi connectivity index (χ0n) is 12.0. The van der Waals surface area contributed by atoms with Crippen molar-refractivity contribution in [1.82, 2.24) is 15.5 Å². The number of guanidine groups is 1. The lowest BCUT2D eigenvalue weighted by atomic mass is 10.3. The summed E-state index contributed by atoms with van der Waals surface area (Å²) in [4.78, 5) is 17.1. The molecule has 1 amide bonds. The van der Waals surface area contributed by atoms with Crippen LogP contribution >= 0.6 is 24.0 Å². The van der Waals surface area contributed by atoms with Gasteiger partial charge in [-0.05, 0) is 12.8 Å². The first kappa shape index (κ1) is 20.7. The number of amides is 1. The number of aliphatic imine (C=N–C) groups is 1. The fourth-order valence-electron chi connectivity index (χ4n) is 1.12. The Hall–Kier alpha value is -0.600. The van der Waals surface area contributed by atoms with E-state index in [1.165, 1.54) is 4.90 Å². The molecule has 0 aliphatic carbocycles. The minimum Gasteiger partial charge on any atom is -0.356 e. The summed E-state index contributed by atoms with van der Waals surface area (Å²) < 4.78 is 12.0. The summed E-state index contributed by atoms with van der Waals surface area (Å²) in [5.41, 5.74) is 0. The van der Waals surface area contributed by atoms with Gasteiger partial charge in [0, 0.05) is 27.2 Å². The van der Waals surface area contributed by atoms with Crippen molar-refractivity contribution in [1.29, 1.82) is 0 Å². The second-order valence-corrected chi connectivity index (χ2v) is 4.20. The van der Waals surface area contributed by atoms with Crippen LogP contribution < -0.4 is 10.6 Å². The van der Waals surface area contributed by atoms with Crippen LogP contribution in [-0.2, 0) is 4.79 Å². The van der Waals surface area contributed by atoms with Gasteiger partial charge in [0.15, 0.2) is 5.96 Å². The van der Waals surface area contributed by atoms with Gasteiger partial charge in [0.2, 0.25) is 5.91 Å². The molecule has 0 aromatic carbocycles. The molecular formula is C12H26FIN4O. The van der Waals surface area contributed by atoms with Crippen molar-refractivity contribution in [2.75, 3.05) is 40.4 Å². The van der Waals surface area contributed by atoms with E-state index in [0.29, 0.717) is 18.9 Å². The molecule has 0 spiro atoms. The van der Waals surface area contributed by atoms with Crippen molar-refractivity contribution < 1.29 is 9.18 Å². The number of halogens is 2. The van der Waals surface area contributed by atoms with E-state index >= 15 is 0 Å². The van der Waals surface area contributed by atoms with Crippen molar-refractivity contribution in [3.63, 3.8) is 0 Å². The minimum absolute atomic E-state index is 0. The van der Waals surface area contributed by atoms with Crippen LogP contribution in [0.25, 0.3) is 0 Å². The number of rotatable bonds is 8. The van der Waals surface area contributed by atoms with Crippen LogP contribution in [0, 0.1) is 0 Å². The van der Waals surface area contributed by atoms with E-state index in [1.54, 1.807) is 14.1 Å². The number of nitrogens with zero attached hydrogens (tertiary/aromatic N) is 2. The quantitative estimate of drug-likeness (QED) is 0.286. The zero-order chi connectivity index (χ0) is 13.8. The van der Waals surface area contributed by atoms with Gasteiger partial charge in [-0.25, -0.2) is 4.99 Å². The first-order valence-corrected chi connectivity index (χ1v) is 6.40. The van der Waals surface area contributed by atoms with Crippen molar-refractivity contribution in [3.8, 4) is 0 Å². The van der Waals surface area contributed by atoms with Gasteiger partial charge in [0.05, 0.1) is 6.67 Å². The number of nitrogens with one attached hydrogen (secondary N) is 2. The molecule has 0 fully saturated rings. The predicted octanol–water partition coefficient (Wildman–Crippen LogP) is 1.39. The highest BCUT2D eigenvalue weighted by molar-refractivity contribution is 14.0. The lowest BCUT2D eigenvalue weighted by Crippen LogP contribution is -2.39. The molecule has 0 saturated carbocycles. The molecule has 0 unspecified atom stereocenters. The third kappa shape index (κ3) is 12.2. The smallest absolute Gasteiger partial charge is 0.243 e. The van der Waals surface area contributed by atoms with Crippen molar-refractivity contribution in [3.05, 3.63) is 0 Å². The Balaban J connectivity index is 0. The first-order chi connectivity index (χ1) is 8.61. The Morgan fingerprint density at radius 1 is 1.21 bits per heavy atom. The van der Waals surface area contributed by atoms with Gasteiger partial charge in [0.1, 0.15) is 6.54 Å². The minimum atomic E-state index is -0.355. The van der Waals surface area contributed by atoms with Crippen LogP contribution in [0.15, 0.2) is 4.99 Å². The van der Waals surface area contributed by atoms with E-state index in [-0.39, 0.29) is 43.1 Å². The third-order valence-corrected chi connectivity index (χ3v) is 2.30. The molecule has 0 saturated heterocycles. The average Bonchev–Trinajstić information content (AvgIpc) is 2.35. The zero-order valence-corrected chi connectivity index (χ0v) is 14.4. The summed E-state index contributed by atoms with van der Waals surface area (Å²) in [6.45, 7) is 3.17. The van der Waals surface area contributed by atoms with Crippen molar-refractivity contribution in [2.24, 2.45) is 4.99 Å². The highest BCUT2D eigenvalue weighted by Crippen LogP contribution is 1.85. The Kier molecular flexibility index (Phi) is 15.1. The van der Waals surface area contributed by atoms with Crippen LogP contribution in [0.4, 0.5) is 4.39 Å². The van der Waals surface area contributed by atoms with Crippen LogP contribution in [0.3, 0.4) is 0 Å². The number of carbonyl (C=O) groups excluding carboxylic acids is 1. The SMILES string of the molecule is CCCCNC(=NCC(=O)N(C)C)NCCCF.I. The van der Waals surface area contributed by atoms with Crippen LogP contribution in [0.5, 0.6) is 0 Å². The van der Waals surface area contributed by atoms with Gasteiger partial charge >= 0.3 is 0 Å². The Morgan fingerprint density at radius 3 is 2.26 bits per heavy atom. The van der Waals surface area contributed by atoms with Gasteiger partial charge in [0.25, 0.3) is 0 Å². The van der Waals surface area contributed by atoms with E-state index < -0.39 is 0 Å². The van der Waals surface area contributed by atoms with Gasteiger partial charge in [-0.1, -0.05) is 13.3 Å². The lowest BCUT2D eigenvalue weighted by molar-refractivity contribution is -0.127. The lowest BCUT2D eigenvalue weighted by Gasteiger charge is -2.13. The van der Waals surface area contributed by atoms with E-state index in [1.807, 2.05) is 0 Å². The molecule has 0 heterocycles. The monoisotopic (exact) mass is 388 g/mol. The molecule has 0 radical (unpaired) electrons. The second kappa shape index (κ2) is 13.8. The normalized spacial score (nSPS) is 10.6. The molecule has 0 aromatic rings. The number of unbranched alkanes of at least 4 members (excludes halogenated alkanes) is 1. The highest BCUT2D eigenvalue weighted by atomic mass is 127. The fraction of sp³-hybridized carbons (Fsp3) is 0.833. The van der Waals surface area contributed by atoms with Crippen molar-refractivity contribution in [2.45, 2.75) is 26.2 Å². The summed E-state index contributed by atoms with van der Waals surface area (Å²) in [5, 5.41) is 6.12. The standard InChI is InChI=1S/C12H25FN4O.HI/c1-4-5-8-14-12(15-9-6-7-13)16-10-11(18)17(2)3;/h4-10H2,1-3H3,(H2,14,15,16);1H. The largest absolute Gasteiger partial charge is 0.356 e. The third-order valence-electron chi connectivity index (χ3n) is 2.30. The Morgan fingerprint density at radius 2 is 1.79 bits per heavy atom. The van der Waals surface area contributed by atoms with Crippen LogP contribution in [-0.4, -0.2) is 57.2 Å². The number of alkyl halides is 1. The van der Waals surface area contributed by atoms with Gasteiger partial charge in [-0.3, -0.25) is 9.18 Å². The first-order valence-electron chi connectivity index (χ1n) is 6.40. The predicted molar refractivity (Wildman–Crippen MR) is 87.9 cm³/mol. The molecule has 19 heavy (non-hydrogen) atoms. The molecule has 5 nitrogen and oxygen atoms in total. The maximum absolute atomic E-state index is 12.0. The van der Waals surface area contributed by atoms with Gasteiger partial charge in [-0.2, -0.15) is 0 Å². The van der Waals surface area contributed by atoms with E-state index in [0.717, 1.165) is 19.4 Å². The molecule has 0 rings (SSSR count). The van der Waals surface area contributed by atoms with E-state index in [4.69, 9.17) is 0 Å². The van der Waals surface area contributed by atoms with Gasteiger partial charge < -0.3 is 15.5 Å². The molecule has 2 N–H and O–H groups in total. The second-order valence-electron chi connectivity index (χ2n) is 4.20. The van der Waals surface area contributed by atoms with Crippen LogP contribution in [0.2, 0.25) is 0 Å². The molecule has 0 aliphatic heterocycles. The Bertz CT molecular complexity index is 250. The number of likely N-dealkylation sites (N-methyl/N-ethyl adjacent to an activating group) is 1.